The second kappa shape index (κ2) is 5.14. The molecule has 0 aromatic heterocycles. The van der Waals surface area contributed by atoms with Crippen molar-refractivity contribution in [1.82, 2.24) is 0 Å². The van der Waals surface area contributed by atoms with Gasteiger partial charge in [-0.2, -0.15) is 0 Å². The number of ether oxygens (including phenoxy) is 3. The van der Waals surface area contributed by atoms with Gasteiger partial charge in [0.1, 0.15) is 11.9 Å². The summed E-state index contributed by atoms with van der Waals surface area (Å²) in [6, 6.07) is 8.07. The molecule has 1 fully saturated rings. The number of aryl methyl sites for hydroxylation is 1. The molecule has 1 aromatic carbocycles. The summed E-state index contributed by atoms with van der Waals surface area (Å²) in [6.45, 7) is 3.89. The minimum Gasteiger partial charge on any atom is -0.468 e. The van der Waals surface area contributed by atoms with Gasteiger partial charge >= 0.3 is 0 Å². The average molecular weight is 208 g/mol. The Kier molecular flexibility index (Phi) is 3.59. The molecule has 0 aliphatic carbocycles. The number of rotatable bonds is 6. The van der Waals surface area contributed by atoms with Crippen LogP contribution in [0.15, 0.2) is 24.3 Å². The Balaban J connectivity index is 1.67. The zero-order valence-electron chi connectivity index (χ0n) is 8.94. The molecule has 0 spiro atoms. The highest BCUT2D eigenvalue weighted by Crippen LogP contribution is 2.13. The summed E-state index contributed by atoms with van der Waals surface area (Å²) in [5, 5.41) is 0. The van der Waals surface area contributed by atoms with Crippen molar-refractivity contribution in [3.8, 4) is 5.75 Å². The van der Waals surface area contributed by atoms with Crippen molar-refractivity contribution in [3.05, 3.63) is 29.8 Å². The lowest BCUT2D eigenvalue weighted by molar-refractivity contribution is 0.00821. The molecule has 1 aliphatic rings. The van der Waals surface area contributed by atoms with Gasteiger partial charge in [0.25, 0.3) is 0 Å². The van der Waals surface area contributed by atoms with E-state index in [2.05, 4.69) is 19.1 Å². The van der Waals surface area contributed by atoms with Crippen LogP contribution in [0.4, 0.5) is 0 Å². The Morgan fingerprint density at radius 1 is 1.33 bits per heavy atom. The zero-order chi connectivity index (χ0) is 10.5. The van der Waals surface area contributed by atoms with Gasteiger partial charge in [0.05, 0.1) is 13.2 Å². The highest BCUT2D eigenvalue weighted by Gasteiger charge is 2.22. The van der Waals surface area contributed by atoms with Gasteiger partial charge in [-0.15, -0.1) is 0 Å². The van der Waals surface area contributed by atoms with E-state index in [9.17, 15) is 0 Å². The second-order valence-corrected chi connectivity index (χ2v) is 3.59. The van der Waals surface area contributed by atoms with Crippen molar-refractivity contribution in [3.63, 3.8) is 0 Å². The smallest absolute Gasteiger partial charge is 0.189 e. The fourth-order valence-corrected chi connectivity index (χ4v) is 1.27. The molecule has 0 saturated carbocycles. The lowest BCUT2D eigenvalue weighted by Crippen LogP contribution is -2.07. The normalized spacial score (nSPS) is 18.9. The quantitative estimate of drug-likeness (QED) is 0.407. The van der Waals surface area contributed by atoms with Gasteiger partial charge in [0.2, 0.25) is 0 Å². The zero-order valence-corrected chi connectivity index (χ0v) is 8.94. The summed E-state index contributed by atoms with van der Waals surface area (Å²) in [7, 11) is 0. The first kappa shape index (κ1) is 10.5. The Morgan fingerprint density at radius 3 is 2.67 bits per heavy atom. The maximum atomic E-state index is 5.41. The van der Waals surface area contributed by atoms with E-state index in [1.54, 1.807) is 0 Å². The molecule has 0 bridgehead atoms. The van der Waals surface area contributed by atoms with E-state index >= 15 is 0 Å². The fraction of sp³-hybridized carbons (Fsp3) is 0.500. The van der Waals surface area contributed by atoms with Gasteiger partial charge in [-0.3, -0.25) is 0 Å². The minimum atomic E-state index is 0.297. The number of hydrogen-bond acceptors (Lipinski definition) is 3. The van der Waals surface area contributed by atoms with Crippen molar-refractivity contribution < 1.29 is 14.2 Å². The monoisotopic (exact) mass is 208 g/mol. The van der Waals surface area contributed by atoms with Crippen molar-refractivity contribution >= 4 is 0 Å². The van der Waals surface area contributed by atoms with Crippen molar-refractivity contribution in [2.45, 2.75) is 19.4 Å². The third kappa shape index (κ3) is 3.53. The number of benzene rings is 1. The molecule has 1 unspecified atom stereocenters. The Hall–Kier alpha value is -1.06. The molecule has 1 aliphatic heterocycles. The van der Waals surface area contributed by atoms with Crippen LogP contribution in [0.1, 0.15) is 12.5 Å². The fourth-order valence-electron chi connectivity index (χ4n) is 1.27. The maximum absolute atomic E-state index is 5.41. The van der Waals surface area contributed by atoms with Crippen LogP contribution in [-0.4, -0.2) is 26.1 Å². The molecule has 1 heterocycles. The summed E-state index contributed by atoms with van der Waals surface area (Å²) in [5.41, 5.74) is 1.31. The molecule has 0 amide bonds. The highest BCUT2D eigenvalue weighted by molar-refractivity contribution is 5.26. The van der Waals surface area contributed by atoms with Crippen molar-refractivity contribution in [2.75, 3.05) is 20.0 Å². The van der Waals surface area contributed by atoms with Crippen molar-refractivity contribution in [1.29, 1.82) is 0 Å². The van der Waals surface area contributed by atoms with Gasteiger partial charge in [-0.25, -0.2) is 0 Å². The molecule has 3 nitrogen and oxygen atoms in total. The summed E-state index contributed by atoms with van der Waals surface area (Å²) in [4.78, 5) is 0. The standard InChI is InChI=1S/C12H16O3/c1-2-10-3-5-11(6-4-10)15-9-13-7-12-8-14-12/h3-6,12H,2,7-9H2,1H3. The Labute approximate surface area is 90.0 Å². The van der Waals surface area contributed by atoms with E-state index in [1.807, 2.05) is 12.1 Å². The van der Waals surface area contributed by atoms with Crippen LogP contribution in [0.2, 0.25) is 0 Å². The lowest BCUT2D eigenvalue weighted by atomic mass is 10.2. The second-order valence-electron chi connectivity index (χ2n) is 3.59. The van der Waals surface area contributed by atoms with E-state index < -0.39 is 0 Å². The topological polar surface area (TPSA) is 31.0 Å². The number of hydrogen-bond donors (Lipinski definition) is 0. The molecule has 15 heavy (non-hydrogen) atoms. The van der Waals surface area contributed by atoms with Crippen LogP contribution in [0.3, 0.4) is 0 Å². The summed E-state index contributed by atoms with van der Waals surface area (Å²) in [5.74, 6) is 0.851. The largest absolute Gasteiger partial charge is 0.468 e. The molecule has 3 heteroatoms. The first-order chi connectivity index (χ1) is 7.38. The molecule has 2 rings (SSSR count). The minimum absolute atomic E-state index is 0.297. The van der Waals surface area contributed by atoms with E-state index in [1.165, 1.54) is 5.56 Å². The van der Waals surface area contributed by atoms with Gasteiger partial charge in [0.15, 0.2) is 6.79 Å². The first-order valence-corrected chi connectivity index (χ1v) is 5.29. The predicted molar refractivity (Wildman–Crippen MR) is 57.0 cm³/mol. The summed E-state index contributed by atoms with van der Waals surface area (Å²) < 4.78 is 15.7. The van der Waals surface area contributed by atoms with Gasteiger partial charge < -0.3 is 14.2 Å². The molecule has 1 atom stereocenters. The Morgan fingerprint density at radius 2 is 2.07 bits per heavy atom. The molecular formula is C12H16O3. The Bertz CT molecular complexity index is 290. The van der Waals surface area contributed by atoms with Crippen molar-refractivity contribution in [2.24, 2.45) is 0 Å². The summed E-state index contributed by atoms with van der Waals surface area (Å²) in [6.07, 6.45) is 1.35. The van der Waals surface area contributed by atoms with Crippen LogP contribution in [0.25, 0.3) is 0 Å². The SMILES string of the molecule is CCc1ccc(OCOCC2CO2)cc1. The first-order valence-electron chi connectivity index (χ1n) is 5.29. The average Bonchev–Trinajstić information content (AvgIpc) is 3.09. The van der Waals surface area contributed by atoms with Crippen LogP contribution in [0.5, 0.6) is 5.75 Å². The highest BCUT2D eigenvalue weighted by atomic mass is 16.7. The molecule has 1 aromatic rings. The molecule has 82 valence electrons. The van der Waals surface area contributed by atoms with Gasteiger partial charge in [0, 0.05) is 0 Å². The van der Waals surface area contributed by atoms with Crippen LogP contribution >= 0.6 is 0 Å². The maximum Gasteiger partial charge on any atom is 0.189 e. The van der Waals surface area contributed by atoms with Crippen LogP contribution in [0, 0.1) is 0 Å². The van der Waals surface area contributed by atoms with E-state index in [0.29, 0.717) is 19.5 Å². The van der Waals surface area contributed by atoms with Crippen LogP contribution < -0.4 is 4.74 Å². The third-order valence-electron chi connectivity index (χ3n) is 2.35. The molecular weight excluding hydrogens is 192 g/mol. The molecule has 1 saturated heterocycles. The number of epoxide rings is 1. The molecule has 0 N–H and O–H groups in total. The van der Waals surface area contributed by atoms with Gasteiger partial charge in [-0.05, 0) is 24.1 Å². The van der Waals surface area contributed by atoms with Gasteiger partial charge in [-0.1, -0.05) is 19.1 Å². The van der Waals surface area contributed by atoms with E-state index in [4.69, 9.17) is 14.2 Å². The lowest BCUT2D eigenvalue weighted by Gasteiger charge is -2.06. The van der Waals surface area contributed by atoms with Crippen LogP contribution in [-0.2, 0) is 15.9 Å². The molecule has 0 radical (unpaired) electrons. The predicted octanol–water partition coefficient (Wildman–Crippen LogP) is 2.00. The summed E-state index contributed by atoms with van der Waals surface area (Å²) >= 11 is 0. The van der Waals surface area contributed by atoms with E-state index in [0.717, 1.165) is 18.8 Å². The third-order valence-corrected chi connectivity index (χ3v) is 2.35. The van der Waals surface area contributed by atoms with E-state index in [-0.39, 0.29) is 0 Å².